The largest absolute Gasteiger partial charge is 0.493 e. The predicted octanol–water partition coefficient (Wildman–Crippen LogP) is 2.97. The molecule has 2 aromatic rings. The molecule has 7 heteroatoms. The lowest BCUT2D eigenvalue weighted by atomic mass is 10.1. The van der Waals surface area contributed by atoms with E-state index in [0.29, 0.717) is 28.8 Å². The zero-order chi connectivity index (χ0) is 14.7. The minimum Gasteiger partial charge on any atom is -0.493 e. The number of primary amides is 1. The summed E-state index contributed by atoms with van der Waals surface area (Å²) >= 11 is 7.38. The van der Waals surface area contributed by atoms with Crippen molar-refractivity contribution in [3.8, 4) is 22.8 Å². The van der Waals surface area contributed by atoms with Crippen LogP contribution in [0, 0.1) is 0 Å². The number of aromatic nitrogens is 1. The van der Waals surface area contributed by atoms with E-state index in [9.17, 15) is 4.79 Å². The van der Waals surface area contributed by atoms with Crippen molar-refractivity contribution in [2.24, 2.45) is 5.73 Å². The molecule has 1 aromatic carbocycles. The average Bonchev–Trinajstić information content (AvgIpc) is 2.90. The Labute approximate surface area is 125 Å². The summed E-state index contributed by atoms with van der Waals surface area (Å²) in [6, 6.07) is 3.48. The summed E-state index contributed by atoms with van der Waals surface area (Å²) in [4.78, 5) is 15.2. The molecule has 2 N–H and O–H groups in total. The number of methoxy groups -OCH3 is 1. The number of thiazole rings is 1. The molecule has 0 radical (unpaired) electrons. The Morgan fingerprint density at radius 3 is 2.80 bits per heavy atom. The van der Waals surface area contributed by atoms with E-state index in [0.717, 1.165) is 5.56 Å². The number of hydrogen-bond donors (Lipinski definition) is 1. The zero-order valence-electron chi connectivity index (χ0n) is 11.0. The van der Waals surface area contributed by atoms with Crippen LogP contribution in [0.5, 0.6) is 11.5 Å². The topological polar surface area (TPSA) is 74.4 Å². The molecule has 0 bridgehead atoms. The van der Waals surface area contributed by atoms with Crippen LogP contribution in [0.2, 0.25) is 5.02 Å². The molecular weight excluding hydrogens is 300 g/mol. The van der Waals surface area contributed by atoms with Gasteiger partial charge >= 0.3 is 0 Å². The third-order valence-corrected chi connectivity index (χ3v) is 3.67. The van der Waals surface area contributed by atoms with Crippen LogP contribution in [0.4, 0.5) is 0 Å². The SMILES string of the molecule is CCOc1c(Cl)cc(-c2csc(C(N)=O)n2)cc1OC. The van der Waals surface area contributed by atoms with Gasteiger partial charge in [0.25, 0.3) is 5.91 Å². The molecule has 106 valence electrons. The maximum atomic E-state index is 11.1. The molecule has 0 spiro atoms. The first-order valence-electron chi connectivity index (χ1n) is 5.82. The normalized spacial score (nSPS) is 10.3. The van der Waals surface area contributed by atoms with Crippen LogP contribution >= 0.6 is 22.9 Å². The van der Waals surface area contributed by atoms with Gasteiger partial charge in [-0.2, -0.15) is 0 Å². The standard InChI is InChI=1S/C13H13ClN2O3S/c1-3-19-11-8(14)4-7(5-10(11)18-2)9-6-20-13(16-9)12(15)17/h4-6H,3H2,1-2H3,(H2,15,17). The van der Waals surface area contributed by atoms with Gasteiger partial charge in [-0.25, -0.2) is 4.98 Å². The third kappa shape index (κ3) is 2.86. The van der Waals surface area contributed by atoms with Gasteiger partial charge in [0.15, 0.2) is 16.5 Å². The number of rotatable bonds is 5. The van der Waals surface area contributed by atoms with Crippen LogP contribution in [0.3, 0.4) is 0 Å². The minimum atomic E-state index is -0.551. The van der Waals surface area contributed by atoms with Crippen LogP contribution in [-0.2, 0) is 0 Å². The van der Waals surface area contributed by atoms with E-state index >= 15 is 0 Å². The van der Waals surface area contributed by atoms with Gasteiger partial charge in [-0.3, -0.25) is 4.79 Å². The number of amides is 1. The number of nitrogens with zero attached hydrogens (tertiary/aromatic N) is 1. The molecular formula is C13H13ClN2O3S. The molecule has 5 nitrogen and oxygen atoms in total. The molecule has 1 amide bonds. The fraction of sp³-hybridized carbons (Fsp3) is 0.231. The number of nitrogens with two attached hydrogens (primary N) is 1. The molecule has 0 aliphatic rings. The van der Waals surface area contributed by atoms with Gasteiger partial charge in [0, 0.05) is 10.9 Å². The number of carbonyl (C=O) groups is 1. The first kappa shape index (κ1) is 14.6. The highest BCUT2D eigenvalue weighted by molar-refractivity contribution is 7.12. The molecule has 0 saturated carbocycles. The van der Waals surface area contributed by atoms with Gasteiger partial charge in [-0.15, -0.1) is 11.3 Å². The Morgan fingerprint density at radius 2 is 2.25 bits per heavy atom. The van der Waals surface area contributed by atoms with Gasteiger partial charge in [0.2, 0.25) is 0 Å². The van der Waals surface area contributed by atoms with Gasteiger partial charge < -0.3 is 15.2 Å². The van der Waals surface area contributed by atoms with Crippen molar-refractivity contribution >= 4 is 28.8 Å². The molecule has 0 atom stereocenters. The third-order valence-electron chi connectivity index (χ3n) is 2.53. The quantitative estimate of drug-likeness (QED) is 0.921. The molecule has 2 rings (SSSR count). The first-order chi connectivity index (χ1) is 9.56. The van der Waals surface area contributed by atoms with Gasteiger partial charge in [-0.1, -0.05) is 11.6 Å². The molecule has 1 aromatic heterocycles. The maximum Gasteiger partial charge on any atom is 0.277 e. The summed E-state index contributed by atoms with van der Waals surface area (Å²) < 4.78 is 10.7. The minimum absolute atomic E-state index is 0.254. The summed E-state index contributed by atoms with van der Waals surface area (Å²) in [6.07, 6.45) is 0. The van der Waals surface area contributed by atoms with Crippen LogP contribution in [0.1, 0.15) is 16.7 Å². The highest BCUT2D eigenvalue weighted by Crippen LogP contribution is 2.39. The first-order valence-corrected chi connectivity index (χ1v) is 7.08. The van der Waals surface area contributed by atoms with Crippen LogP contribution < -0.4 is 15.2 Å². The molecule has 0 saturated heterocycles. The zero-order valence-corrected chi connectivity index (χ0v) is 12.5. The van der Waals surface area contributed by atoms with Crippen molar-refractivity contribution in [2.75, 3.05) is 13.7 Å². The van der Waals surface area contributed by atoms with Crippen LogP contribution in [-0.4, -0.2) is 24.6 Å². The van der Waals surface area contributed by atoms with Crippen molar-refractivity contribution in [3.05, 3.63) is 27.5 Å². The van der Waals surface area contributed by atoms with E-state index in [2.05, 4.69) is 4.98 Å². The Morgan fingerprint density at radius 1 is 1.50 bits per heavy atom. The van der Waals surface area contributed by atoms with Crippen LogP contribution in [0.25, 0.3) is 11.3 Å². The van der Waals surface area contributed by atoms with Gasteiger partial charge in [0.1, 0.15) is 0 Å². The molecule has 0 fully saturated rings. The number of hydrogen-bond acceptors (Lipinski definition) is 5. The maximum absolute atomic E-state index is 11.1. The van der Waals surface area contributed by atoms with Crippen molar-refractivity contribution in [2.45, 2.75) is 6.92 Å². The fourth-order valence-electron chi connectivity index (χ4n) is 1.67. The number of carbonyl (C=O) groups excluding carboxylic acids is 1. The molecule has 0 aliphatic heterocycles. The predicted molar refractivity (Wildman–Crippen MR) is 78.8 cm³/mol. The lowest BCUT2D eigenvalue weighted by Crippen LogP contribution is -2.10. The lowest BCUT2D eigenvalue weighted by Gasteiger charge is -2.12. The Balaban J connectivity index is 2.46. The Kier molecular flexibility index (Phi) is 4.46. The van der Waals surface area contributed by atoms with E-state index in [-0.39, 0.29) is 5.01 Å². The number of ether oxygens (including phenoxy) is 2. The van der Waals surface area contributed by atoms with E-state index in [1.807, 2.05) is 6.92 Å². The fourth-order valence-corrected chi connectivity index (χ4v) is 2.62. The smallest absolute Gasteiger partial charge is 0.277 e. The average molecular weight is 313 g/mol. The highest BCUT2D eigenvalue weighted by atomic mass is 35.5. The molecule has 1 heterocycles. The molecule has 0 unspecified atom stereocenters. The Bertz CT molecular complexity index is 643. The van der Waals surface area contributed by atoms with Crippen molar-refractivity contribution in [1.29, 1.82) is 0 Å². The van der Waals surface area contributed by atoms with Gasteiger partial charge in [0.05, 0.1) is 24.4 Å². The summed E-state index contributed by atoms with van der Waals surface area (Å²) in [5.74, 6) is 0.457. The highest BCUT2D eigenvalue weighted by Gasteiger charge is 2.15. The van der Waals surface area contributed by atoms with E-state index < -0.39 is 5.91 Å². The monoisotopic (exact) mass is 312 g/mol. The second-order valence-corrected chi connectivity index (χ2v) is 5.09. The summed E-state index contributed by atoms with van der Waals surface area (Å²) in [5.41, 5.74) is 6.55. The molecule has 20 heavy (non-hydrogen) atoms. The Hall–Kier alpha value is -1.79. The molecule has 0 aliphatic carbocycles. The number of benzene rings is 1. The van der Waals surface area contributed by atoms with Gasteiger partial charge in [-0.05, 0) is 19.1 Å². The summed E-state index contributed by atoms with van der Waals surface area (Å²) in [6.45, 7) is 2.35. The van der Waals surface area contributed by atoms with E-state index in [4.69, 9.17) is 26.8 Å². The second kappa shape index (κ2) is 6.11. The van der Waals surface area contributed by atoms with Crippen molar-refractivity contribution in [3.63, 3.8) is 0 Å². The van der Waals surface area contributed by atoms with Crippen LogP contribution in [0.15, 0.2) is 17.5 Å². The van der Waals surface area contributed by atoms with E-state index in [1.165, 1.54) is 18.4 Å². The number of halogens is 1. The van der Waals surface area contributed by atoms with Crippen molar-refractivity contribution < 1.29 is 14.3 Å². The van der Waals surface area contributed by atoms with Crippen molar-refractivity contribution in [1.82, 2.24) is 4.98 Å². The summed E-state index contributed by atoms with van der Waals surface area (Å²) in [7, 11) is 1.54. The summed E-state index contributed by atoms with van der Waals surface area (Å²) in [5, 5.41) is 2.42. The van der Waals surface area contributed by atoms with E-state index in [1.54, 1.807) is 17.5 Å². The lowest BCUT2D eigenvalue weighted by molar-refractivity contribution is 0.1000. The second-order valence-electron chi connectivity index (χ2n) is 3.82.